The molecule has 8 heteroatoms. The summed E-state index contributed by atoms with van der Waals surface area (Å²) in [5.41, 5.74) is 0.894. The number of alkyl carbamates (subject to hydrolysis) is 1. The molecule has 1 heterocycles. The van der Waals surface area contributed by atoms with E-state index >= 15 is 0 Å². The van der Waals surface area contributed by atoms with Crippen LogP contribution < -0.4 is 5.32 Å². The number of rotatable bonds is 10. The Hall–Kier alpha value is -2.61. The summed E-state index contributed by atoms with van der Waals surface area (Å²) in [6, 6.07) is 8.82. The highest BCUT2D eigenvalue weighted by Gasteiger charge is 2.31. The van der Waals surface area contributed by atoms with E-state index in [2.05, 4.69) is 10.2 Å². The fourth-order valence-corrected chi connectivity index (χ4v) is 3.99. The van der Waals surface area contributed by atoms with E-state index in [1.807, 2.05) is 67.8 Å². The number of benzene rings is 1. The molecule has 2 rings (SSSR count). The molecule has 33 heavy (non-hydrogen) atoms. The summed E-state index contributed by atoms with van der Waals surface area (Å²) in [4.78, 5) is 44.0. The Balaban J connectivity index is 1.93. The van der Waals surface area contributed by atoms with E-state index in [1.54, 1.807) is 0 Å². The normalized spacial score (nSPS) is 16.4. The molecule has 1 N–H and O–H groups in total. The van der Waals surface area contributed by atoms with Gasteiger partial charge < -0.3 is 19.9 Å². The van der Waals surface area contributed by atoms with Crippen LogP contribution in [0, 0.1) is 5.92 Å². The number of carbonyl (C=O) groups is 3. The summed E-state index contributed by atoms with van der Waals surface area (Å²) in [5.74, 6) is 0.0170. The number of amides is 3. The fraction of sp³-hybridized carbons (Fsp3) is 0.640. The number of nitrogens with zero attached hydrogens (tertiary/aromatic N) is 3. The molecular formula is C25H40N4O4. The van der Waals surface area contributed by atoms with Crippen LogP contribution in [-0.4, -0.2) is 84.5 Å². The Morgan fingerprint density at radius 3 is 2.36 bits per heavy atom. The highest BCUT2D eigenvalue weighted by molar-refractivity contribution is 5.86. The standard InChI is InChI=1S/C25H40N4O4/c1-5-20(4)23(26-25(32)33-19-21-12-9-8-10-13-21)24(31)29-15-11-14-27(16-17-29)18-22(30)28(6-2)7-3/h8-10,12-13,20,23H,5-7,11,14-19H2,1-4H3,(H,26,32)/t20-,23-/m0/s1. The van der Waals surface area contributed by atoms with Gasteiger partial charge in [0.15, 0.2) is 0 Å². The minimum Gasteiger partial charge on any atom is -0.445 e. The van der Waals surface area contributed by atoms with Gasteiger partial charge in [0, 0.05) is 39.3 Å². The van der Waals surface area contributed by atoms with Crippen molar-refractivity contribution in [1.29, 1.82) is 0 Å². The first kappa shape index (κ1) is 26.6. The molecule has 1 aliphatic rings. The maximum atomic E-state index is 13.4. The molecule has 2 atom stereocenters. The van der Waals surface area contributed by atoms with Gasteiger partial charge in [-0.25, -0.2) is 4.79 Å². The smallest absolute Gasteiger partial charge is 0.408 e. The van der Waals surface area contributed by atoms with Gasteiger partial charge in [-0.3, -0.25) is 14.5 Å². The molecule has 3 amide bonds. The minimum atomic E-state index is -0.637. The van der Waals surface area contributed by atoms with Crippen molar-refractivity contribution in [3.05, 3.63) is 35.9 Å². The van der Waals surface area contributed by atoms with E-state index in [4.69, 9.17) is 4.74 Å². The maximum Gasteiger partial charge on any atom is 0.408 e. The minimum absolute atomic E-state index is 0.0228. The molecule has 1 aromatic rings. The molecular weight excluding hydrogens is 420 g/mol. The molecule has 1 aromatic carbocycles. The quantitative estimate of drug-likeness (QED) is 0.581. The lowest BCUT2D eigenvalue weighted by Gasteiger charge is -2.30. The monoisotopic (exact) mass is 460 g/mol. The first-order valence-corrected chi connectivity index (χ1v) is 12.2. The molecule has 1 aliphatic heterocycles. The summed E-state index contributed by atoms with van der Waals surface area (Å²) in [6.07, 6.45) is 0.968. The van der Waals surface area contributed by atoms with Crippen LogP contribution in [0.15, 0.2) is 30.3 Å². The van der Waals surface area contributed by atoms with E-state index in [9.17, 15) is 14.4 Å². The van der Waals surface area contributed by atoms with Crippen molar-refractivity contribution >= 4 is 17.9 Å². The van der Waals surface area contributed by atoms with Gasteiger partial charge in [-0.1, -0.05) is 50.6 Å². The van der Waals surface area contributed by atoms with Gasteiger partial charge in [0.1, 0.15) is 12.6 Å². The summed E-state index contributed by atoms with van der Waals surface area (Å²) in [5, 5.41) is 2.80. The summed E-state index contributed by atoms with van der Waals surface area (Å²) < 4.78 is 5.35. The maximum absolute atomic E-state index is 13.4. The molecule has 0 unspecified atom stereocenters. The largest absolute Gasteiger partial charge is 0.445 e. The van der Waals surface area contributed by atoms with Gasteiger partial charge in [-0.2, -0.15) is 0 Å². The zero-order valence-corrected chi connectivity index (χ0v) is 20.6. The molecule has 0 saturated carbocycles. The van der Waals surface area contributed by atoms with Crippen LogP contribution in [0.5, 0.6) is 0 Å². The van der Waals surface area contributed by atoms with Crippen molar-refractivity contribution in [2.75, 3.05) is 45.8 Å². The summed E-state index contributed by atoms with van der Waals surface area (Å²) in [7, 11) is 0. The van der Waals surface area contributed by atoms with E-state index in [0.717, 1.165) is 24.9 Å². The van der Waals surface area contributed by atoms with Gasteiger partial charge in [-0.15, -0.1) is 0 Å². The van der Waals surface area contributed by atoms with Gasteiger partial charge in [-0.05, 0) is 31.7 Å². The third-order valence-electron chi connectivity index (χ3n) is 6.34. The first-order valence-electron chi connectivity index (χ1n) is 12.2. The van der Waals surface area contributed by atoms with Crippen molar-refractivity contribution in [3.63, 3.8) is 0 Å². The number of hydrogen-bond donors (Lipinski definition) is 1. The fourth-order valence-electron chi connectivity index (χ4n) is 3.99. The Morgan fingerprint density at radius 1 is 1.03 bits per heavy atom. The van der Waals surface area contributed by atoms with Crippen LogP contribution >= 0.6 is 0 Å². The van der Waals surface area contributed by atoms with Crippen LogP contribution in [0.3, 0.4) is 0 Å². The van der Waals surface area contributed by atoms with Crippen LogP contribution in [0.25, 0.3) is 0 Å². The van der Waals surface area contributed by atoms with E-state index in [1.165, 1.54) is 0 Å². The Labute approximate surface area is 198 Å². The van der Waals surface area contributed by atoms with Crippen LogP contribution in [-0.2, 0) is 20.9 Å². The van der Waals surface area contributed by atoms with Gasteiger partial charge in [0.05, 0.1) is 6.54 Å². The lowest BCUT2D eigenvalue weighted by molar-refractivity contribution is -0.134. The van der Waals surface area contributed by atoms with Gasteiger partial charge >= 0.3 is 6.09 Å². The molecule has 0 aromatic heterocycles. The molecule has 0 aliphatic carbocycles. The molecule has 1 fully saturated rings. The van der Waals surface area contributed by atoms with Crippen LogP contribution in [0.2, 0.25) is 0 Å². The second kappa shape index (κ2) is 13.8. The number of hydrogen-bond acceptors (Lipinski definition) is 5. The predicted molar refractivity (Wildman–Crippen MR) is 129 cm³/mol. The summed E-state index contributed by atoms with van der Waals surface area (Å²) >= 11 is 0. The number of carbonyl (C=O) groups excluding carboxylic acids is 3. The zero-order valence-electron chi connectivity index (χ0n) is 20.6. The lowest BCUT2D eigenvalue weighted by atomic mass is 9.98. The average Bonchev–Trinajstić information content (AvgIpc) is 3.07. The van der Waals surface area contributed by atoms with E-state index in [0.29, 0.717) is 39.3 Å². The van der Waals surface area contributed by atoms with E-state index in [-0.39, 0.29) is 24.3 Å². The highest BCUT2D eigenvalue weighted by Crippen LogP contribution is 2.14. The SMILES string of the molecule is CC[C@H](C)[C@H](NC(=O)OCc1ccccc1)C(=O)N1CCCN(CC(=O)N(CC)CC)CC1. The van der Waals surface area contributed by atoms with Crippen molar-refractivity contribution in [1.82, 2.24) is 20.0 Å². The van der Waals surface area contributed by atoms with Crippen molar-refractivity contribution in [2.24, 2.45) is 5.92 Å². The third kappa shape index (κ3) is 8.35. The Kier molecular flexibility index (Phi) is 11.2. The molecule has 0 radical (unpaired) electrons. The number of nitrogens with one attached hydrogen (secondary N) is 1. The third-order valence-corrected chi connectivity index (χ3v) is 6.34. The lowest BCUT2D eigenvalue weighted by Crippen LogP contribution is -2.52. The molecule has 8 nitrogen and oxygen atoms in total. The molecule has 1 saturated heterocycles. The first-order chi connectivity index (χ1) is 15.9. The van der Waals surface area contributed by atoms with Crippen molar-refractivity contribution < 1.29 is 19.1 Å². The Bertz CT molecular complexity index is 754. The second-order valence-corrected chi connectivity index (χ2v) is 8.59. The second-order valence-electron chi connectivity index (χ2n) is 8.59. The number of likely N-dealkylation sites (N-methyl/N-ethyl adjacent to an activating group) is 1. The van der Waals surface area contributed by atoms with Crippen LogP contribution in [0.1, 0.15) is 46.1 Å². The average molecular weight is 461 g/mol. The molecule has 0 spiro atoms. The highest BCUT2D eigenvalue weighted by atomic mass is 16.5. The topological polar surface area (TPSA) is 82.2 Å². The van der Waals surface area contributed by atoms with Crippen molar-refractivity contribution in [3.8, 4) is 0 Å². The van der Waals surface area contributed by atoms with Gasteiger partial charge in [0.2, 0.25) is 11.8 Å². The van der Waals surface area contributed by atoms with E-state index < -0.39 is 12.1 Å². The number of ether oxygens (including phenoxy) is 1. The van der Waals surface area contributed by atoms with Crippen LogP contribution in [0.4, 0.5) is 4.79 Å². The predicted octanol–water partition coefficient (Wildman–Crippen LogP) is 2.73. The van der Waals surface area contributed by atoms with Crippen molar-refractivity contribution in [2.45, 2.75) is 53.2 Å². The molecule has 184 valence electrons. The zero-order chi connectivity index (χ0) is 24.2. The summed E-state index contributed by atoms with van der Waals surface area (Å²) in [6.45, 7) is 12.5. The molecule has 0 bridgehead atoms. The Morgan fingerprint density at radius 2 is 1.73 bits per heavy atom. The van der Waals surface area contributed by atoms with Gasteiger partial charge in [0.25, 0.3) is 0 Å².